The summed E-state index contributed by atoms with van der Waals surface area (Å²) in [6.45, 7) is 16.3. The van der Waals surface area contributed by atoms with Crippen molar-refractivity contribution in [2.45, 2.75) is 92.1 Å². The van der Waals surface area contributed by atoms with Crippen molar-refractivity contribution in [3.05, 3.63) is 47.6 Å². The van der Waals surface area contributed by atoms with Gasteiger partial charge in [0.2, 0.25) is 0 Å². The van der Waals surface area contributed by atoms with Gasteiger partial charge in [0, 0.05) is 0 Å². The first kappa shape index (κ1) is 22.6. The number of aliphatic hydroxyl groups is 1. The topological polar surface area (TPSA) is 20.2 Å². The van der Waals surface area contributed by atoms with E-state index in [0.29, 0.717) is 17.3 Å². The van der Waals surface area contributed by atoms with Crippen LogP contribution in [0.5, 0.6) is 0 Å². The van der Waals surface area contributed by atoms with Crippen LogP contribution in [-0.2, 0) is 0 Å². The molecule has 0 bridgehead atoms. The number of hydrogen-bond acceptors (Lipinski definition) is 1. The van der Waals surface area contributed by atoms with Gasteiger partial charge in [0.25, 0.3) is 0 Å². The lowest BCUT2D eigenvalue weighted by Gasteiger charge is -2.44. The van der Waals surface area contributed by atoms with E-state index in [0.717, 1.165) is 37.0 Å². The lowest BCUT2D eigenvalue weighted by Crippen LogP contribution is -2.35. The Morgan fingerprint density at radius 2 is 1.79 bits per heavy atom. The van der Waals surface area contributed by atoms with Crippen LogP contribution in [0.25, 0.3) is 0 Å². The summed E-state index contributed by atoms with van der Waals surface area (Å²) in [5, 5.41) is 10.0. The summed E-state index contributed by atoms with van der Waals surface area (Å²) >= 11 is 0. The van der Waals surface area contributed by atoms with E-state index in [9.17, 15) is 5.11 Å². The molecule has 0 saturated heterocycles. The van der Waals surface area contributed by atoms with Crippen LogP contribution < -0.4 is 0 Å². The molecule has 0 radical (unpaired) electrons. The lowest BCUT2D eigenvalue weighted by atomic mass is 9.61. The van der Waals surface area contributed by atoms with Crippen LogP contribution in [0, 0.1) is 35.0 Å². The van der Waals surface area contributed by atoms with Gasteiger partial charge in [-0.2, -0.15) is 0 Å². The fraction of sp³-hybridized carbons (Fsp3) is 0.714. The van der Waals surface area contributed by atoms with Gasteiger partial charge in [-0.15, -0.1) is 0 Å². The monoisotopic (exact) mass is 396 g/mol. The Morgan fingerprint density at radius 1 is 1.03 bits per heavy atom. The summed E-state index contributed by atoms with van der Waals surface area (Å²) in [4.78, 5) is 0. The van der Waals surface area contributed by atoms with Gasteiger partial charge in [0.05, 0.1) is 6.10 Å². The van der Waals surface area contributed by atoms with Gasteiger partial charge in [-0.1, -0.05) is 76.6 Å². The first-order chi connectivity index (χ1) is 13.7. The van der Waals surface area contributed by atoms with Crippen LogP contribution in [0.1, 0.15) is 86.0 Å². The van der Waals surface area contributed by atoms with Crippen molar-refractivity contribution in [1.82, 2.24) is 0 Å². The molecule has 1 heteroatoms. The molecule has 6 unspecified atom stereocenters. The number of allylic oxidation sites excluding steroid dienone is 6. The van der Waals surface area contributed by atoms with Crippen LogP contribution in [-0.4, -0.2) is 11.2 Å². The molecular formula is C28H44O. The summed E-state index contributed by atoms with van der Waals surface area (Å²) in [6.07, 6.45) is 18.8. The molecule has 0 aromatic carbocycles. The average Bonchev–Trinajstić information content (AvgIpc) is 3.04. The van der Waals surface area contributed by atoms with E-state index in [2.05, 4.69) is 65.5 Å². The van der Waals surface area contributed by atoms with Gasteiger partial charge in [-0.3, -0.25) is 0 Å². The Hall–Kier alpha value is -1.08. The van der Waals surface area contributed by atoms with E-state index in [4.69, 9.17) is 0 Å². The molecule has 0 spiro atoms. The lowest BCUT2D eigenvalue weighted by molar-refractivity contribution is 0.112. The quantitative estimate of drug-likeness (QED) is 0.473. The molecule has 29 heavy (non-hydrogen) atoms. The standard InChI is InChI=1S/C28H44O/c1-19(2)20(3)9-10-22(5)26-15-16-27-23(8-7-17-28(26,27)6)12-13-24-18-25(29)14-11-21(24)4/h9-10,12-13,19-20,22,25-27,29H,4,7-8,11,14-18H2,1-3,5-6H3/b10-9-,23-12+,24-13-. The summed E-state index contributed by atoms with van der Waals surface area (Å²) in [5.41, 5.74) is 4.61. The molecule has 0 aromatic rings. The predicted molar refractivity (Wildman–Crippen MR) is 126 cm³/mol. The summed E-state index contributed by atoms with van der Waals surface area (Å²) in [7, 11) is 0. The third-order valence-corrected chi connectivity index (χ3v) is 8.63. The molecule has 162 valence electrons. The van der Waals surface area contributed by atoms with E-state index in [-0.39, 0.29) is 6.10 Å². The highest BCUT2D eigenvalue weighted by atomic mass is 16.3. The van der Waals surface area contributed by atoms with Gasteiger partial charge < -0.3 is 5.11 Å². The van der Waals surface area contributed by atoms with Crippen molar-refractivity contribution in [3.8, 4) is 0 Å². The zero-order valence-electron chi connectivity index (χ0n) is 19.6. The molecule has 3 aliphatic carbocycles. The zero-order chi connectivity index (χ0) is 21.2. The minimum atomic E-state index is -0.182. The maximum absolute atomic E-state index is 10.0. The Labute approximate surface area is 180 Å². The fourth-order valence-corrected chi connectivity index (χ4v) is 6.25. The number of hydrogen-bond donors (Lipinski definition) is 1. The zero-order valence-corrected chi connectivity index (χ0v) is 19.6. The van der Waals surface area contributed by atoms with Gasteiger partial charge in [-0.25, -0.2) is 0 Å². The minimum Gasteiger partial charge on any atom is -0.393 e. The van der Waals surface area contributed by atoms with Gasteiger partial charge in [0.15, 0.2) is 0 Å². The maximum atomic E-state index is 10.0. The maximum Gasteiger partial charge on any atom is 0.0583 e. The van der Waals surface area contributed by atoms with E-state index < -0.39 is 0 Å². The highest BCUT2D eigenvalue weighted by Crippen LogP contribution is 2.59. The summed E-state index contributed by atoms with van der Waals surface area (Å²) in [5.74, 6) is 3.58. The largest absolute Gasteiger partial charge is 0.393 e. The van der Waals surface area contributed by atoms with Crippen LogP contribution >= 0.6 is 0 Å². The molecule has 3 fully saturated rings. The molecule has 0 amide bonds. The highest BCUT2D eigenvalue weighted by Gasteiger charge is 2.50. The molecular weight excluding hydrogens is 352 g/mol. The molecule has 0 aromatic heterocycles. The Kier molecular flexibility index (Phi) is 7.31. The fourth-order valence-electron chi connectivity index (χ4n) is 6.25. The molecule has 3 rings (SSSR count). The minimum absolute atomic E-state index is 0.182. The SMILES string of the molecule is C=C1CCC(O)C/C1=C/C=C1\CCCC2(C)C1CCC2C(C)/C=C\C(C)C(C)C. The molecule has 3 saturated carbocycles. The normalized spacial score (nSPS) is 38.2. The van der Waals surface area contributed by atoms with E-state index >= 15 is 0 Å². The highest BCUT2D eigenvalue weighted by molar-refractivity contribution is 5.36. The van der Waals surface area contributed by atoms with Crippen LogP contribution in [0.15, 0.2) is 47.6 Å². The third kappa shape index (κ3) is 4.98. The molecule has 3 aliphatic rings. The van der Waals surface area contributed by atoms with Gasteiger partial charge in [-0.05, 0) is 91.9 Å². The number of rotatable bonds is 5. The molecule has 0 aliphatic heterocycles. The molecule has 1 N–H and O–H groups in total. The second-order valence-corrected chi connectivity index (χ2v) is 10.9. The van der Waals surface area contributed by atoms with Crippen molar-refractivity contribution in [2.24, 2.45) is 35.0 Å². The third-order valence-electron chi connectivity index (χ3n) is 8.63. The van der Waals surface area contributed by atoms with Crippen molar-refractivity contribution >= 4 is 0 Å². The van der Waals surface area contributed by atoms with Crippen LogP contribution in [0.4, 0.5) is 0 Å². The first-order valence-electron chi connectivity index (χ1n) is 12.2. The van der Waals surface area contributed by atoms with Gasteiger partial charge in [0.1, 0.15) is 0 Å². The van der Waals surface area contributed by atoms with E-state index in [1.807, 2.05) is 0 Å². The average molecular weight is 397 g/mol. The van der Waals surface area contributed by atoms with Gasteiger partial charge >= 0.3 is 0 Å². The Balaban J connectivity index is 1.75. The predicted octanol–water partition coefficient (Wildman–Crippen LogP) is 7.64. The second-order valence-electron chi connectivity index (χ2n) is 10.9. The molecule has 6 atom stereocenters. The Morgan fingerprint density at radius 3 is 2.52 bits per heavy atom. The molecule has 0 heterocycles. The van der Waals surface area contributed by atoms with E-state index in [1.54, 1.807) is 5.57 Å². The second kappa shape index (κ2) is 9.38. The van der Waals surface area contributed by atoms with Crippen molar-refractivity contribution in [2.75, 3.05) is 0 Å². The Bertz CT molecular complexity index is 678. The number of fused-ring (bicyclic) bond motifs is 1. The van der Waals surface area contributed by atoms with Crippen LogP contribution in [0.2, 0.25) is 0 Å². The molecule has 1 nitrogen and oxygen atoms in total. The summed E-state index contributed by atoms with van der Waals surface area (Å²) < 4.78 is 0. The van der Waals surface area contributed by atoms with E-state index in [1.165, 1.54) is 43.3 Å². The van der Waals surface area contributed by atoms with Crippen LogP contribution in [0.3, 0.4) is 0 Å². The van der Waals surface area contributed by atoms with Crippen molar-refractivity contribution < 1.29 is 5.11 Å². The summed E-state index contributed by atoms with van der Waals surface area (Å²) in [6, 6.07) is 0. The number of aliphatic hydroxyl groups excluding tert-OH is 1. The van der Waals surface area contributed by atoms with Crippen molar-refractivity contribution in [1.29, 1.82) is 0 Å². The van der Waals surface area contributed by atoms with Crippen molar-refractivity contribution in [3.63, 3.8) is 0 Å². The first-order valence-corrected chi connectivity index (χ1v) is 12.2. The smallest absolute Gasteiger partial charge is 0.0583 e.